The topological polar surface area (TPSA) is 78.9 Å². The monoisotopic (exact) mass is 983 g/mol. The van der Waals surface area contributed by atoms with Crippen LogP contribution in [0.3, 0.4) is 0 Å². The fourth-order valence-electron chi connectivity index (χ4n) is 9.22. The molecule has 1 unspecified atom stereocenters. The molecule has 70 heavy (non-hydrogen) atoms. The number of hydrogen-bond acceptors (Lipinski definition) is 6. The molecule has 410 valence electrons. The highest BCUT2D eigenvalue weighted by molar-refractivity contribution is 5.71. The second-order valence-corrected chi connectivity index (χ2v) is 21.0. The van der Waals surface area contributed by atoms with Crippen LogP contribution in [0, 0.1) is 0 Å². The van der Waals surface area contributed by atoms with Crippen LogP contribution in [0.2, 0.25) is 0 Å². The molecule has 0 aliphatic rings. The summed E-state index contributed by atoms with van der Waals surface area (Å²) in [6.45, 7) is 6.66. The zero-order valence-corrected chi connectivity index (χ0v) is 47.1. The summed E-state index contributed by atoms with van der Waals surface area (Å²) in [7, 11) is 0. The molecule has 0 aromatic rings. The van der Waals surface area contributed by atoms with Crippen molar-refractivity contribution >= 4 is 17.9 Å². The number of carbonyl (C=O) groups excluding carboxylic acids is 3. The minimum absolute atomic E-state index is 0.0681. The maximum absolute atomic E-state index is 12.9. The zero-order chi connectivity index (χ0) is 50.7. The van der Waals surface area contributed by atoms with Gasteiger partial charge in [0.1, 0.15) is 13.2 Å². The van der Waals surface area contributed by atoms with Gasteiger partial charge >= 0.3 is 17.9 Å². The molecule has 0 N–H and O–H groups in total. The van der Waals surface area contributed by atoms with Gasteiger partial charge in [-0.25, -0.2) is 0 Å². The van der Waals surface area contributed by atoms with Crippen LogP contribution in [0.1, 0.15) is 335 Å². The van der Waals surface area contributed by atoms with E-state index in [1.807, 2.05) is 0 Å². The largest absolute Gasteiger partial charge is 0.462 e. The van der Waals surface area contributed by atoms with Crippen molar-refractivity contribution in [1.82, 2.24) is 0 Å². The molecule has 0 spiro atoms. The second kappa shape index (κ2) is 59.2. The first-order valence-electron chi connectivity index (χ1n) is 31.0. The highest BCUT2D eigenvalue weighted by atomic mass is 16.6. The lowest BCUT2D eigenvalue weighted by Gasteiger charge is -2.18. The molecule has 1 atom stereocenters. The third-order valence-corrected chi connectivity index (χ3v) is 13.9. The summed E-state index contributed by atoms with van der Waals surface area (Å²) in [6, 6.07) is 0. The van der Waals surface area contributed by atoms with Crippen molar-refractivity contribution < 1.29 is 28.6 Å². The Morgan fingerprint density at radius 3 is 0.800 bits per heavy atom. The lowest BCUT2D eigenvalue weighted by atomic mass is 10.0. The smallest absolute Gasteiger partial charge is 0.306 e. The van der Waals surface area contributed by atoms with E-state index in [2.05, 4.69) is 57.2 Å². The van der Waals surface area contributed by atoms with Crippen molar-refractivity contribution in [2.24, 2.45) is 0 Å². The third kappa shape index (κ3) is 56.5. The zero-order valence-electron chi connectivity index (χ0n) is 47.1. The van der Waals surface area contributed by atoms with Crippen LogP contribution < -0.4 is 0 Å². The van der Waals surface area contributed by atoms with Crippen molar-refractivity contribution in [1.29, 1.82) is 0 Å². The van der Waals surface area contributed by atoms with Crippen LogP contribution in [0.4, 0.5) is 0 Å². The van der Waals surface area contributed by atoms with Crippen molar-refractivity contribution in [2.75, 3.05) is 13.2 Å². The molecule has 0 amide bonds. The number of hydrogen-bond donors (Lipinski definition) is 0. The molecule has 0 fully saturated rings. The van der Waals surface area contributed by atoms with E-state index in [0.29, 0.717) is 19.3 Å². The molecule has 0 saturated heterocycles. The van der Waals surface area contributed by atoms with E-state index in [4.69, 9.17) is 14.2 Å². The Balaban J connectivity index is 4.21. The predicted octanol–water partition coefficient (Wildman–Crippen LogP) is 20.8. The van der Waals surface area contributed by atoms with Crippen LogP contribution in [-0.2, 0) is 28.6 Å². The molecule has 0 radical (unpaired) electrons. The Bertz CT molecular complexity index is 1170. The number of esters is 3. The van der Waals surface area contributed by atoms with Gasteiger partial charge in [0.15, 0.2) is 6.10 Å². The van der Waals surface area contributed by atoms with Crippen molar-refractivity contribution in [3.05, 3.63) is 36.5 Å². The molecule has 0 rings (SSSR count). The van der Waals surface area contributed by atoms with E-state index in [-0.39, 0.29) is 31.1 Å². The second-order valence-electron chi connectivity index (χ2n) is 21.0. The van der Waals surface area contributed by atoms with Gasteiger partial charge in [-0.05, 0) is 57.8 Å². The molecule has 0 aliphatic carbocycles. The maximum atomic E-state index is 12.9. The van der Waals surface area contributed by atoms with Gasteiger partial charge in [-0.2, -0.15) is 0 Å². The molecule has 6 nitrogen and oxygen atoms in total. The summed E-state index contributed by atoms with van der Waals surface area (Å²) >= 11 is 0. The summed E-state index contributed by atoms with van der Waals surface area (Å²) in [5, 5.41) is 0. The Labute approximate surface area is 435 Å². The van der Waals surface area contributed by atoms with E-state index < -0.39 is 6.10 Å². The van der Waals surface area contributed by atoms with Gasteiger partial charge in [0.05, 0.1) is 0 Å². The van der Waals surface area contributed by atoms with Gasteiger partial charge in [0.2, 0.25) is 0 Å². The summed E-state index contributed by atoms with van der Waals surface area (Å²) in [5.41, 5.74) is 0. The molecule has 0 aliphatic heterocycles. The molecule has 0 aromatic heterocycles. The predicted molar refractivity (Wildman–Crippen MR) is 302 cm³/mol. The molecular weight excluding hydrogens is 865 g/mol. The van der Waals surface area contributed by atoms with Crippen LogP contribution >= 0.6 is 0 Å². The van der Waals surface area contributed by atoms with E-state index in [1.165, 1.54) is 225 Å². The fourth-order valence-corrected chi connectivity index (χ4v) is 9.22. The van der Waals surface area contributed by atoms with Crippen LogP contribution in [0.5, 0.6) is 0 Å². The first-order valence-corrected chi connectivity index (χ1v) is 31.0. The quantitative estimate of drug-likeness (QED) is 0.0261. The highest BCUT2D eigenvalue weighted by Crippen LogP contribution is 2.17. The first-order chi connectivity index (χ1) is 34.5. The maximum Gasteiger partial charge on any atom is 0.306 e. The lowest BCUT2D eigenvalue weighted by molar-refractivity contribution is -0.167. The number of ether oxygens (including phenoxy) is 3. The average molecular weight is 984 g/mol. The summed E-state index contributed by atoms with van der Waals surface area (Å²) in [6.07, 6.45) is 71.5. The van der Waals surface area contributed by atoms with Gasteiger partial charge in [0, 0.05) is 19.3 Å². The van der Waals surface area contributed by atoms with Gasteiger partial charge in [0.25, 0.3) is 0 Å². The van der Waals surface area contributed by atoms with Gasteiger partial charge in [-0.1, -0.05) is 295 Å². The van der Waals surface area contributed by atoms with Gasteiger partial charge in [-0.3, -0.25) is 14.4 Å². The molecule has 0 heterocycles. The highest BCUT2D eigenvalue weighted by Gasteiger charge is 2.19. The number of carbonyl (C=O) groups is 3. The lowest BCUT2D eigenvalue weighted by Crippen LogP contribution is -2.30. The molecule has 0 saturated carbocycles. The van der Waals surface area contributed by atoms with Crippen molar-refractivity contribution in [2.45, 2.75) is 341 Å². The van der Waals surface area contributed by atoms with E-state index in [1.54, 1.807) is 0 Å². The molecular formula is C64H118O6. The Morgan fingerprint density at radius 2 is 0.514 bits per heavy atom. The number of rotatable bonds is 57. The molecule has 0 bridgehead atoms. The summed E-state index contributed by atoms with van der Waals surface area (Å²) in [5.74, 6) is -0.852. The summed E-state index contributed by atoms with van der Waals surface area (Å²) in [4.78, 5) is 38.1. The minimum atomic E-state index is -0.769. The third-order valence-electron chi connectivity index (χ3n) is 13.9. The number of unbranched alkanes of at least 4 members (excludes halogenated alkanes) is 40. The van der Waals surface area contributed by atoms with E-state index in [9.17, 15) is 14.4 Å². The minimum Gasteiger partial charge on any atom is -0.462 e. The summed E-state index contributed by atoms with van der Waals surface area (Å²) < 4.78 is 16.9. The fraction of sp³-hybridized carbons (Fsp3) is 0.859. The van der Waals surface area contributed by atoms with Crippen LogP contribution in [0.15, 0.2) is 36.5 Å². The average Bonchev–Trinajstić information content (AvgIpc) is 3.36. The normalized spacial score (nSPS) is 12.2. The van der Waals surface area contributed by atoms with Crippen LogP contribution in [0.25, 0.3) is 0 Å². The molecule has 6 heteroatoms. The van der Waals surface area contributed by atoms with Crippen molar-refractivity contribution in [3.8, 4) is 0 Å². The molecule has 0 aromatic carbocycles. The standard InChI is InChI=1S/C64H118O6/c1-4-7-10-13-16-19-22-24-26-28-29-30-31-32-33-34-35-37-38-40-42-45-48-51-54-57-63(66)69-60-61(59-68-62(65)56-53-50-47-44-21-18-15-12-9-6-3)70-64(67)58-55-52-49-46-43-41-39-36-27-25-23-20-17-14-11-8-5-2/h22,24,28-29,31-32,61H,4-21,23,25-27,30,33-60H2,1-3H3/b24-22-,29-28-,32-31-. The van der Waals surface area contributed by atoms with Gasteiger partial charge in [-0.15, -0.1) is 0 Å². The van der Waals surface area contributed by atoms with Crippen molar-refractivity contribution in [3.63, 3.8) is 0 Å². The van der Waals surface area contributed by atoms with E-state index >= 15 is 0 Å². The van der Waals surface area contributed by atoms with Gasteiger partial charge < -0.3 is 14.2 Å². The first kappa shape index (κ1) is 67.6. The van der Waals surface area contributed by atoms with Crippen LogP contribution in [-0.4, -0.2) is 37.2 Å². The Morgan fingerprint density at radius 1 is 0.286 bits per heavy atom. The Kier molecular flexibility index (Phi) is 57.2. The SMILES string of the molecule is CCCCCCC/C=C\C/C=C\C/C=C\CCCCCCCCCCCCC(=O)OCC(COC(=O)CCCCCCCCCCCC)OC(=O)CCCCCCCCCCCCCCCCCCC. The Hall–Kier alpha value is -2.37. The van der Waals surface area contributed by atoms with E-state index in [0.717, 1.165) is 70.6 Å². The number of allylic oxidation sites excluding steroid dienone is 6.